The van der Waals surface area contributed by atoms with Gasteiger partial charge in [0.15, 0.2) is 0 Å². The Morgan fingerprint density at radius 2 is 2.05 bits per heavy atom. The number of rotatable bonds is 5. The van der Waals surface area contributed by atoms with Gasteiger partial charge in [-0.1, -0.05) is 12.2 Å². The predicted molar refractivity (Wildman–Crippen MR) is 79.1 cm³/mol. The Hall–Kier alpha value is -2.17. The highest BCUT2D eigenvalue weighted by Crippen LogP contribution is 2.20. The van der Waals surface area contributed by atoms with Gasteiger partial charge < -0.3 is 10.2 Å². The second kappa shape index (κ2) is 7.02. The number of halogens is 1. The lowest BCUT2D eigenvalue weighted by Gasteiger charge is -2.18. The minimum Gasteiger partial charge on any atom is -0.336 e. The molecule has 1 aliphatic rings. The zero-order valence-electron chi connectivity index (χ0n) is 12.0. The summed E-state index contributed by atoms with van der Waals surface area (Å²) < 4.78 is 12.8. The van der Waals surface area contributed by atoms with Crippen LogP contribution in [-0.2, 0) is 9.59 Å². The molecule has 1 atom stereocenters. The highest BCUT2D eigenvalue weighted by molar-refractivity contribution is 5.94. The van der Waals surface area contributed by atoms with Gasteiger partial charge in [-0.2, -0.15) is 0 Å². The molecular formula is C16H19FN2O2. The van der Waals surface area contributed by atoms with Crippen molar-refractivity contribution in [2.45, 2.75) is 19.3 Å². The molecule has 0 radical (unpaired) electrons. The molecule has 0 aromatic heterocycles. The van der Waals surface area contributed by atoms with Crippen molar-refractivity contribution in [1.82, 2.24) is 4.90 Å². The van der Waals surface area contributed by atoms with E-state index in [-0.39, 0.29) is 24.2 Å². The first kappa shape index (κ1) is 15.2. The van der Waals surface area contributed by atoms with E-state index in [2.05, 4.69) is 17.5 Å². The molecule has 0 saturated carbocycles. The Kier molecular flexibility index (Phi) is 5.09. The molecule has 0 fully saturated rings. The van der Waals surface area contributed by atoms with Crippen LogP contribution >= 0.6 is 0 Å². The van der Waals surface area contributed by atoms with Gasteiger partial charge in [-0.25, -0.2) is 4.39 Å². The molecule has 2 rings (SSSR count). The monoisotopic (exact) mass is 290 g/mol. The maximum absolute atomic E-state index is 12.8. The number of nitrogens with one attached hydrogen (secondary N) is 1. The molecule has 4 nitrogen and oxygen atoms in total. The third kappa shape index (κ3) is 4.70. The summed E-state index contributed by atoms with van der Waals surface area (Å²) in [6, 6.07) is 5.52. The fraction of sp³-hybridized carbons (Fsp3) is 0.375. The molecule has 1 aliphatic carbocycles. The number of benzene rings is 1. The van der Waals surface area contributed by atoms with Gasteiger partial charge in [0.1, 0.15) is 5.82 Å². The van der Waals surface area contributed by atoms with Gasteiger partial charge in [0.05, 0.1) is 6.54 Å². The predicted octanol–water partition coefficient (Wildman–Crippen LogP) is 2.58. The van der Waals surface area contributed by atoms with Crippen LogP contribution < -0.4 is 5.32 Å². The smallest absolute Gasteiger partial charge is 0.243 e. The van der Waals surface area contributed by atoms with Crippen LogP contribution in [0.1, 0.15) is 19.3 Å². The summed E-state index contributed by atoms with van der Waals surface area (Å²) in [4.78, 5) is 25.3. The highest BCUT2D eigenvalue weighted by Gasteiger charge is 2.18. The van der Waals surface area contributed by atoms with E-state index in [4.69, 9.17) is 0 Å². The largest absolute Gasteiger partial charge is 0.336 e. The van der Waals surface area contributed by atoms with Crippen molar-refractivity contribution >= 4 is 17.5 Å². The van der Waals surface area contributed by atoms with E-state index in [1.165, 1.54) is 29.2 Å². The van der Waals surface area contributed by atoms with Crippen LogP contribution in [0.25, 0.3) is 0 Å². The van der Waals surface area contributed by atoms with Crippen molar-refractivity contribution in [2.24, 2.45) is 5.92 Å². The van der Waals surface area contributed by atoms with Crippen molar-refractivity contribution in [3.05, 3.63) is 42.2 Å². The fourth-order valence-corrected chi connectivity index (χ4v) is 2.28. The molecule has 0 saturated heterocycles. The van der Waals surface area contributed by atoms with Crippen molar-refractivity contribution in [3.63, 3.8) is 0 Å². The second-order valence-corrected chi connectivity index (χ2v) is 5.27. The van der Waals surface area contributed by atoms with Crippen molar-refractivity contribution < 1.29 is 14.0 Å². The minimum atomic E-state index is -0.357. The highest BCUT2D eigenvalue weighted by atomic mass is 19.1. The summed E-state index contributed by atoms with van der Waals surface area (Å²) in [5.41, 5.74) is 0.515. The average Bonchev–Trinajstić information content (AvgIpc) is 2.94. The normalized spacial score (nSPS) is 16.8. The van der Waals surface area contributed by atoms with Crippen molar-refractivity contribution in [1.29, 1.82) is 0 Å². The summed E-state index contributed by atoms with van der Waals surface area (Å²) in [7, 11) is 1.62. The van der Waals surface area contributed by atoms with Gasteiger partial charge in [-0.05, 0) is 43.0 Å². The number of nitrogens with zero attached hydrogens (tertiary/aromatic N) is 1. The molecule has 2 amide bonds. The maximum atomic E-state index is 12.8. The van der Waals surface area contributed by atoms with Crippen LogP contribution in [-0.4, -0.2) is 30.3 Å². The first-order valence-electron chi connectivity index (χ1n) is 7.00. The zero-order chi connectivity index (χ0) is 15.2. The number of hydrogen-bond donors (Lipinski definition) is 1. The van der Waals surface area contributed by atoms with Crippen LogP contribution in [0.5, 0.6) is 0 Å². The first-order valence-corrected chi connectivity index (χ1v) is 7.00. The summed E-state index contributed by atoms with van der Waals surface area (Å²) in [5.74, 6) is -0.398. The molecule has 0 aliphatic heterocycles. The molecule has 21 heavy (non-hydrogen) atoms. The lowest BCUT2D eigenvalue weighted by molar-refractivity contribution is -0.133. The lowest BCUT2D eigenvalue weighted by atomic mass is 10.0. The van der Waals surface area contributed by atoms with Crippen LogP contribution in [0.15, 0.2) is 36.4 Å². The Balaban J connectivity index is 1.79. The standard InChI is InChI=1S/C16H19FN2O2/c1-19(16(21)10-12-4-2-3-5-12)11-15(20)18-14-8-6-13(17)7-9-14/h2,4,6-9,12H,3,5,10-11H2,1H3,(H,18,20)/t12-/m1/s1. The van der Waals surface area contributed by atoms with Gasteiger partial charge in [0.2, 0.25) is 11.8 Å². The van der Waals surface area contributed by atoms with Gasteiger partial charge in [0.25, 0.3) is 0 Å². The number of allylic oxidation sites excluding steroid dienone is 2. The van der Waals surface area contributed by atoms with E-state index in [0.29, 0.717) is 18.0 Å². The number of anilines is 1. The molecule has 112 valence electrons. The number of likely N-dealkylation sites (N-methyl/N-ethyl adjacent to an activating group) is 1. The topological polar surface area (TPSA) is 49.4 Å². The van der Waals surface area contributed by atoms with E-state index >= 15 is 0 Å². The maximum Gasteiger partial charge on any atom is 0.243 e. The average molecular weight is 290 g/mol. The molecule has 1 aromatic carbocycles. The second-order valence-electron chi connectivity index (χ2n) is 5.27. The zero-order valence-corrected chi connectivity index (χ0v) is 12.0. The number of amides is 2. The molecule has 1 N–H and O–H groups in total. The van der Waals surface area contributed by atoms with Crippen LogP contribution in [0.3, 0.4) is 0 Å². The summed E-state index contributed by atoms with van der Waals surface area (Å²) in [6.45, 7) is -0.00730. The van der Waals surface area contributed by atoms with Gasteiger partial charge in [-0.3, -0.25) is 9.59 Å². The van der Waals surface area contributed by atoms with Crippen LogP contribution in [0.2, 0.25) is 0 Å². The quantitative estimate of drug-likeness (QED) is 0.847. The van der Waals surface area contributed by atoms with Crippen molar-refractivity contribution in [2.75, 3.05) is 18.9 Å². The Bertz CT molecular complexity index is 540. The molecule has 0 heterocycles. The third-order valence-corrected chi connectivity index (χ3v) is 3.48. The minimum absolute atomic E-state index is 0.00730. The third-order valence-electron chi connectivity index (χ3n) is 3.48. The number of hydrogen-bond acceptors (Lipinski definition) is 2. The van der Waals surface area contributed by atoms with E-state index in [1.807, 2.05) is 0 Å². The van der Waals surface area contributed by atoms with Gasteiger partial charge in [0, 0.05) is 19.2 Å². The molecule has 1 aromatic rings. The van der Waals surface area contributed by atoms with Crippen molar-refractivity contribution in [3.8, 4) is 0 Å². The fourth-order valence-electron chi connectivity index (χ4n) is 2.28. The van der Waals surface area contributed by atoms with Crippen LogP contribution in [0.4, 0.5) is 10.1 Å². The Morgan fingerprint density at radius 1 is 1.33 bits per heavy atom. The number of carbonyl (C=O) groups excluding carboxylic acids is 2. The summed E-state index contributed by atoms with van der Waals surface area (Å²) in [6.07, 6.45) is 6.61. The first-order chi connectivity index (χ1) is 10.0. The molecule has 0 bridgehead atoms. The Labute approximate surface area is 123 Å². The number of carbonyl (C=O) groups is 2. The SMILES string of the molecule is CN(CC(=O)Nc1ccc(F)cc1)C(=O)C[C@@H]1C=CCC1. The molecule has 0 spiro atoms. The summed E-state index contributed by atoms with van der Waals surface area (Å²) >= 11 is 0. The molecule has 0 unspecified atom stereocenters. The molecule has 5 heteroatoms. The summed E-state index contributed by atoms with van der Waals surface area (Å²) in [5, 5.41) is 2.64. The van der Waals surface area contributed by atoms with E-state index < -0.39 is 0 Å². The van der Waals surface area contributed by atoms with E-state index in [9.17, 15) is 14.0 Å². The van der Waals surface area contributed by atoms with Gasteiger partial charge in [-0.15, -0.1) is 0 Å². The Morgan fingerprint density at radius 3 is 2.67 bits per heavy atom. The van der Waals surface area contributed by atoms with Crippen LogP contribution in [0, 0.1) is 11.7 Å². The molecular weight excluding hydrogens is 271 g/mol. The lowest BCUT2D eigenvalue weighted by Crippen LogP contribution is -2.35. The van der Waals surface area contributed by atoms with Gasteiger partial charge >= 0.3 is 0 Å². The van der Waals surface area contributed by atoms with E-state index in [1.54, 1.807) is 7.05 Å². The van der Waals surface area contributed by atoms with E-state index in [0.717, 1.165) is 12.8 Å².